The van der Waals surface area contributed by atoms with Crippen molar-refractivity contribution in [2.24, 2.45) is 0 Å². The number of oxazole rings is 1. The van der Waals surface area contributed by atoms with E-state index < -0.39 is 5.76 Å². The summed E-state index contributed by atoms with van der Waals surface area (Å²) in [5.41, 5.74) is 1.23. The highest BCUT2D eigenvalue weighted by Crippen LogP contribution is 2.12. The molecule has 0 bridgehead atoms. The zero-order valence-corrected chi connectivity index (χ0v) is 13.0. The Balaban J connectivity index is 1.62. The minimum absolute atomic E-state index is 0.00890. The molecule has 2 heterocycles. The van der Waals surface area contributed by atoms with Crippen LogP contribution in [-0.2, 0) is 16.1 Å². The third-order valence-electron chi connectivity index (χ3n) is 4.20. The molecule has 1 aliphatic rings. The van der Waals surface area contributed by atoms with Crippen molar-refractivity contribution in [3.63, 3.8) is 0 Å². The van der Waals surface area contributed by atoms with E-state index in [0.717, 1.165) is 0 Å². The Morgan fingerprint density at radius 2 is 1.74 bits per heavy atom. The minimum atomic E-state index is -0.444. The van der Waals surface area contributed by atoms with Crippen LogP contribution < -0.4 is 5.76 Å². The van der Waals surface area contributed by atoms with Crippen LogP contribution in [0, 0.1) is 0 Å². The van der Waals surface area contributed by atoms with Gasteiger partial charge in [0, 0.05) is 46.1 Å². The van der Waals surface area contributed by atoms with Gasteiger partial charge in [0.25, 0.3) is 0 Å². The second kappa shape index (κ2) is 6.28. The molecule has 3 rings (SSSR count). The highest BCUT2D eigenvalue weighted by molar-refractivity contribution is 5.78. The van der Waals surface area contributed by atoms with E-state index in [1.54, 1.807) is 28.0 Å². The number of hydrogen-bond acceptors (Lipinski definition) is 4. The number of amides is 2. The Morgan fingerprint density at radius 1 is 1.09 bits per heavy atom. The van der Waals surface area contributed by atoms with E-state index in [0.29, 0.717) is 43.8 Å². The van der Waals surface area contributed by atoms with Crippen molar-refractivity contribution < 1.29 is 14.0 Å². The van der Waals surface area contributed by atoms with Crippen molar-refractivity contribution in [1.29, 1.82) is 0 Å². The van der Waals surface area contributed by atoms with E-state index in [1.165, 1.54) is 11.5 Å². The standard InChI is InChI=1S/C16H19N3O4/c1-12(20)17-8-10-18(11-9-17)15(21)6-7-19-13-4-2-3-5-14(13)23-16(19)22/h2-5H,6-11H2,1H3. The van der Waals surface area contributed by atoms with Crippen LogP contribution in [-0.4, -0.2) is 52.4 Å². The van der Waals surface area contributed by atoms with Gasteiger partial charge in [0.1, 0.15) is 0 Å². The van der Waals surface area contributed by atoms with Crippen LogP contribution in [0.2, 0.25) is 0 Å². The minimum Gasteiger partial charge on any atom is -0.408 e. The lowest BCUT2D eigenvalue weighted by Crippen LogP contribution is -2.50. The number of para-hydroxylation sites is 2. The summed E-state index contributed by atoms with van der Waals surface area (Å²) in [7, 11) is 0. The first kappa shape index (κ1) is 15.3. The van der Waals surface area contributed by atoms with Crippen molar-refractivity contribution >= 4 is 22.9 Å². The second-order valence-corrected chi connectivity index (χ2v) is 5.62. The lowest BCUT2D eigenvalue weighted by atomic mass is 10.2. The molecule has 7 heteroatoms. The third-order valence-corrected chi connectivity index (χ3v) is 4.20. The molecule has 1 aromatic heterocycles. The van der Waals surface area contributed by atoms with Gasteiger partial charge in [-0.3, -0.25) is 14.2 Å². The topological polar surface area (TPSA) is 75.8 Å². The summed E-state index contributed by atoms with van der Waals surface area (Å²) in [6, 6.07) is 7.16. The highest BCUT2D eigenvalue weighted by Gasteiger charge is 2.22. The molecular weight excluding hydrogens is 298 g/mol. The third kappa shape index (κ3) is 3.13. The molecule has 1 fully saturated rings. The Hall–Kier alpha value is -2.57. The predicted molar refractivity (Wildman–Crippen MR) is 83.9 cm³/mol. The number of carbonyl (C=O) groups excluding carboxylic acids is 2. The average molecular weight is 317 g/mol. The quantitative estimate of drug-likeness (QED) is 0.834. The van der Waals surface area contributed by atoms with Gasteiger partial charge in [-0.05, 0) is 12.1 Å². The summed E-state index contributed by atoms with van der Waals surface area (Å²) in [5.74, 6) is -0.417. The maximum Gasteiger partial charge on any atom is 0.419 e. The fourth-order valence-electron chi connectivity index (χ4n) is 2.86. The molecule has 0 unspecified atom stereocenters. The van der Waals surface area contributed by atoms with Crippen LogP contribution in [0.25, 0.3) is 11.1 Å². The molecule has 0 atom stereocenters. The van der Waals surface area contributed by atoms with Gasteiger partial charge in [0.05, 0.1) is 5.52 Å². The summed E-state index contributed by atoms with van der Waals surface area (Å²) >= 11 is 0. The highest BCUT2D eigenvalue weighted by atomic mass is 16.4. The maximum atomic E-state index is 12.3. The van der Waals surface area contributed by atoms with E-state index in [2.05, 4.69) is 0 Å². The van der Waals surface area contributed by atoms with E-state index in [9.17, 15) is 14.4 Å². The largest absolute Gasteiger partial charge is 0.419 e. The number of carbonyl (C=O) groups is 2. The number of hydrogen-bond donors (Lipinski definition) is 0. The molecule has 1 aromatic carbocycles. The summed E-state index contributed by atoms with van der Waals surface area (Å²) in [4.78, 5) is 38.9. The number of fused-ring (bicyclic) bond motifs is 1. The summed E-state index contributed by atoms with van der Waals surface area (Å²) in [6.45, 7) is 4.04. The van der Waals surface area contributed by atoms with Gasteiger partial charge in [-0.2, -0.15) is 0 Å². The molecule has 122 valence electrons. The first-order valence-corrected chi connectivity index (χ1v) is 7.68. The van der Waals surface area contributed by atoms with Crippen molar-refractivity contribution in [3.8, 4) is 0 Å². The van der Waals surface area contributed by atoms with Gasteiger partial charge in [0.15, 0.2) is 5.58 Å². The van der Waals surface area contributed by atoms with Crippen LogP contribution in [0.5, 0.6) is 0 Å². The van der Waals surface area contributed by atoms with Crippen molar-refractivity contribution in [3.05, 3.63) is 34.8 Å². The number of benzene rings is 1. The predicted octanol–water partition coefficient (Wildman–Crippen LogP) is 0.675. The number of piperazine rings is 1. The molecule has 0 aliphatic carbocycles. The van der Waals surface area contributed by atoms with Crippen molar-refractivity contribution in [2.75, 3.05) is 26.2 Å². The molecule has 2 aromatic rings. The Kier molecular flexibility index (Phi) is 4.18. The van der Waals surface area contributed by atoms with Crippen LogP contribution in [0.15, 0.2) is 33.5 Å². The molecule has 2 amide bonds. The van der Waals surface area contributed by atoms with E-state index in [1.807, 2.05) is 6.07 Å². The smallest absolute Gasteiger partial charge is 0.408 e. The zero-order chi connectivity index (χ0) is 16.4. The fourth-order valence-corrected chi connectivity index (χ4v) is 2.86. The lowest BCUT2D eigenvalue weighted by Gasteiger charge is -2.34. The maximum absolute atomic E-state index is 12.3. The second-order valence-electron chi connectivity index (χ2n) is 5.62. The Bertz CT molecular complexity index is 784. The Morgan fingerprint density at radius 3 is 2.43 bits per heavy atom. The molecule has 23 heavy (non-hydrogen) atoms. The fraction of sp³-hybridized carbons (Fsp3) is 0.438. The van der Waals surface area contributed by atoms with Crippen LogP contribution in [0.4, 0.5) is 0 Å². The van der Waals surface area contributed by atoms with Crippen molar-refractivity contribution in [1.82, 2.24) is 14.4 Å². The molecule has 0 radical (unpaired) electrons. The van der Waals surface area contributed by atoms with E-state index in [-0.39, 0.29) is 18.2 Å². The van der Waals surface area contributed by atoms with Gasteiger partial charge in [-0.1, -0.05) is 12.1 Å². The van der Waals surface area contributed by atoms with Crippen LogP contribution in [0.3, 0.4) is 0 Å². The normalized spacial score (nSPS) is 15.2. The number of aromatic nitrogens is 1. The lowest BCUT2D eigenvalue weighted by molar-refractivity contribution is -0.138. The van der Waals surface area contributed by atoms with Crippen LogP contribution in [0.1, 0.15) is 13.3 Å². The number of nitrogens with zero attached hydrogens (tertiary/aromatic N) is 3. The average Bonchev–Trinajstić information content (AvgIpc) is 2.88. The summed E-state index contributed by atoms with van der Waals surface area (Å²) < 4.78 is 6.64. The molecule has 0 saturated carbocycles. The molecule has 1 aliphatic heterocycles. The molecular formula is C16H19N3O4. The summed E-state index contributed by atoms with van der Waals surface area (Å²) in [5, 5.41) is 0. The van der Waals surface area contributed by atoms with Gasteiger partial charge in [-0.15, -0.1) is 0 Å². The molecule has 0 spiro atoms. The monoisotopic (exact) mass is 317 g/mol. The molecule has 0 N–H and O–H groups in total. The van der Waals surface area contributed by atoms with Gasteiger partial charge in [0.2, 0.25) is 11.8 Å². The Labute approximate surface area is 133 Å². The SMILES string of the molecule is CC(=O)N1CCN(C(=O)CCn2c(=O)oc3ccccc32)CC1. The van der Waals surface area contributed by atoms with Gasteiger partial charge >= 0.3 is 5.76 Å². The number of aryl methyl sites for hydroxylation is 1. The van der Waals surface area contributed by atoms with Gasteiger partial charge in [-0.25, -0.2) is 4.79 Å². The first-order valence-electron chi connectivity index (χ1n) is 7.68. The molecule has 1 saturated heterocycles. The first-order chi connectivity index (χ1) is 11.1. The molecule has 7 nitrogen and oxygen atoms in total. The van der Waals surface area contributed by atoms with Crippen molar-refractivity contribution in [2.45, 2.75) is 19.9 Å². The zero-order valence-electron chi connectivity index (χ0n) is 13.0. The number of rotatable bonds is 3. The van der Waals surface area contributed by atoms with Gasteiger partial charge < -0.3 is 14.2 Å². The summed E-state index contributed by atoms with van der Waals surface area (Å²) in [6.07, 6.45) is 0.240. The van der Waals surface area contributed by atoms with E-state index in [4.69, 9.17) is 4.42 Å². The van der Waals surface area contributed by atoms with E-state index >= 15 is 0 Å². The van der Waals surface area contributed by atoms with Crippen LogP contribution >= 0.6 is 0 Å².